The molecule has 5 heteroatoms. The summed E-state index contributed by atoms with van der Waals surface area (Å²) in [6.07, 6.45) is 0. The third-order valence-corrected chi connectivity index (χ3v) is 4.69. The van der Waals surface area contributed by atoms with E-state index in [0.717, 1.165) is 5.39 Å². The quantitative estimate of drug-likeness (QED) is 0.708. The fourth-order valence-electron chi connectivity index (χ4n) is 3.23. The summed E-state index contributed by atoms with van der Waals surface area (Å²) in [6.45, 7) is 2.77. The lowest BCUT2D eigenvalue weighted by Gasteiger charge is -2.37. The van der Waals surface area contributed by atoms with Crippen LogP contribution in [-0.4, -0.2) is 16.2 Å². The van der Waals surface area contributed by atoms with Crippen molar-refractivity contribution in [3.8, 4) is 0 Å². The molecule has 2 aromatic carbocycles. The molecule has 0 radical (unpaired) electrons. The number of halogens is 2. The van der Waals surface area contributed by atoms with Gasteiger partial charge in [-0.05, 0) is 31.4 Å². The van der Waals surface area contributed by atoms with Crippen molar-refractivity contribution in [2.45, 2.75) is 25.3 Å². The Morgan fingerprint density at radius 2 is 1.64 bits per heavy atom. The molecule has 0 bridgehead atoms. The summed E-state index contributed by atoms with van der Waals surface area (Å²) >= 11 is 0. The van der Waals surface area contributed by atoms with Crippen molar-refractivity contribution in [3.05, 3.63) is 81.6 Å². The molecule has 25 heavy (non-hydrogen) atoms. The van der Waals surface area contributed by atoms with Crippen LogP contribution in [0.1, 0.15) is 30.5 Å². The van der Waals surface area contributed by atoms with Gasteiger partial charge in [-0.25, -0.2) is 0 Å². The van der Waals surface area contributed by atoms with Crippen molar-refractivity contribution < 1.29 is 8.78 Å². The maximum absolute atomic E-state index is 14.8. The zero-order valence-corrected chi connectivity index (χ0v) is 13.8. The molecule has 0 unspecified atom stereocenters. The number of para-hydroxylation sites is 1. The Bertz CT molecular complexity index is 1080. The van der Waals surface area contributed by atoms with Crippen LogP contribution in [-0.2, 0) is 5.92 Å². The van der Waals surface area contributed by atoms with E-state index in [-0.39, 0.29) is 11.1 Å². The van der Waals surface area contributed by atoms with E-state index in [2.05, 4.69) is 9.98 Å². The van der Waals surface area contributed by atoms with E-state index in [1.807, 2.05) is 18.2 Å². The van der Waals surface area contributed by atoms with Crippen molar-refractivity contribution >= 4 is 16.6 Å². The zero-order valence-electron chi connectivity index (χ0n) is 13.8. The fraction of sp³-hybridized carbons (Fsp3) is 0.200. The number of hydrogen-bond acceptors (Lipinski definition) is 2. The number of alkyl halides is 2. The molecule has 0 spiro atoms. The van der Waals surface area contributed by atoms with Crippen LogP contribution in [0, 0.1) is 0 Å². The smallest absolute Gasteiger partial charge is 0.297 e. The molecule has 4 rings (SSSR count). The minimum Gasteiger partial charge on any atom is -0.321 e. The molecule has 3 aromatic rings. The highest BCUT2D eigenvalue weighted by Crippen LogP contribution is 2.46. The van der Waals surface area contributed by atoms with Gasteiger partial charge in [0.05, 0.1) is 11.3 Å². The highest BCUT2D eigenvalue weighted by Gasteiger charge is 2.52. The monoisotopic (exact) mass is 338 g/mol. The van der Waals surface area contributed by atoms with Gasteiger partial charge in [0.25, 0.3) is 11.5 Å². The van der Waals surface area contributed by atoms with E-state index in [1.165, 1.54) is 19.9 Å². The Labute approximate surface area is 143 Å². The van der Waals surface area contributed by atoms with Crippen LogP contribution in [0.3, 0.4) is 0 Å². The van der Waals surface area contributed by atoms with Gasteiger partial charge in [0.15, 0.2) is 0 Å². The normalized spacial score (nSPS) is 17.8. The number of H-pyrrole nitrogens is 1. The second-order valence-corrected chi connectivity index (χ2v) is 6.74. The molecule has 0 aliphatic carbocycles. The Hall–Kier alpha value is -2.82. The van der Waals surface area contributed by atoms with Gasteiger partial charge < -0.3 is 4.98 Å². The molecule has 2 heterocycles. The highest BCUT2D eigenvalue weighted by molar-refractivity contribution is 6.15. The summed E-state index contributed by atoms with van der Waals surface area (Å²) in [4.78, 5) is 19.7. The van der Waals surface area contributed by atoms with E-state index in [1.54, 1.807) is 30.3 Å². The first-order valence-corrected chi connectivity index (χ1v) is 8.01. The van der Waals surface area contributed by atoms with E-state index in [9.17, 15) is 13.6 Å². The number of nitrogens with one attached hydrogen (secondary N) is 1. The summed E-state index contributed by atoms with van der Waals surface area (Å²) < 4.78 is 29.6. The number of hydrogen-bond donors (Lipinski definition) is 1. The molecule has 0 saturated heterocycles. The molecule has 1 aromatic heterocycles. The van der Waals surface area contributed by atoms with Crippen LogP contribution in [0.15, 0.2) is 64.4 Å². The average molecular weight is 338 g/mol. The molecule has 0 atom stereocenters. The van der Waals surface area contributed by atoms with Crippen molar-refractivity contribution in [2.75, 3.05) is 0 Å². The molecule has 3 nitrogen and oxygen atoms in total. The number of nitrogens with zero attached hydrogens (tertiary/aromatic N) is 1. The van der Waals surface area contributed by atoms with Gasteiger partial charge >= 0.3 is 0 Å². The summed E-state index contributed by atoms with van der Waals surface area (Å²) in [7, 11) is 0. The number of rotatable bonds is 1. The summed E-state index contributed by atoms with van der Waals surface area (Å²) in [5.74, 6) is -3.11. The average Bonchev–Trinajstić information content (AvgIpc) is 2.58. The maximum Gasteiger partial charge on any atom is 0.297 e. The number of pyridine rings is 1. The SMILES string of the molecule is CC1(C)N=C(c2cc3ccccc3[nH]c2=O)c2ccccc2C1(F)F. The van der Waals surface area contributed by atoms with Crippen LogP contribution in [0.5, 0.6) is 0 Å². The molecule has 0 fully saturated rings. The van der Waals surface area contributed by atoms with Crippen molar-refractivity contribution in [2.24, 2.45) is 4.99 Å². The minimum atomic E-state index is -3.11. The van der Waals surface area contributed by atoms with Gasteiger partial charge in [-0.3, -0.25) is 9.79 Å². The third-order valence-electron chi connectivity index (χ3n) is 4.69. The van der Waals surface area contributed by atoms with Gasteiger partial charge in [0.2, 0.25) is 0 Å². The summed E-state index contributed by atoms with van der Waals surface area (Å²) in [5, 5.41) is 0.826. The first-order chi connectivity index (χ1) is 11.8. The van der Waals surface area contributed by atoms with E-state index in [4.69, 9.17) is 0 Å². The lowest BCUT2D eigenvalue weighted by atomic mass is 9.81. The Balaban J connectivity index is 2.04. The molecule has 0 amide bonds. The molecule has 1 aliphatic rings. The largest absolute Gasteiger partial charge is 0.321 e. The van der Waals surface area contributed by atoms with E-state index < -0.39 is 11.5 Å². The van der Waals surface area contributed by atoms with Crippen molar-refractivity contribution in [1.82, 2.24) is 4.98 Å². The molecular weight excluding hydrogens is 322 g/mol. The van der Waals surface area contributed by atoms with Crippen LogP contribution in [0.25, 0.3) is 10.9 Å². The van der Waals surface area contributed by atoms with Gasteiger partial charge in [0, 0.05) is 16.6 Å². The minimum absolute atomic E-state index is 0.0995. The number of benzene rings is 2. The highest BCUT2D eigenvalue weighted by atomic mass is 19.3. The Morgan fingerprint density at radius 3 is 2.44 bits per heavy atom. The van der Waals surface area contributed by atoms with Gasteiger partial charge in [-0.1, -0.05) is 42.5 Å². The van der Waals surface area contributed by atoms with Gasteiger partial charge in [-0.2, -0.15) is 8.78 Å². The summed E-state index contributed by atoms with van der Waals surface area (Å²) in [5.41, 5.74) is -0.480. The van der Waals surface area contributed by atoms with Crippen molar-refractivity contribution in [1.29, 1.82) is 0 Å². The fourth-order valence-corrected chi connectivity index (χ4v) is 3.23. The standard InChI is InChI=1S/C20H16F2N2O/c1-19(2)20(21,22)15-9-5-4-8-13(15)17(24-19)14-11-12-7-3-6-10-16(12)23-18(14)25/h3-11H,1-2H3,(H,23,25). The topological polar surface area (TPSA) is 45.2 Å². The number of aromatic amines is 1. The lowest BCUT2D eigenvalue weighted by molar-refractivity contribution is -0.0681. The number of fused-ring (bicyclic) bond motifs is 2. The Morgan fingerprint density at radius 1 is 0.960 bits per heavy atom. The Kier molecular flexibility index (Phi) is 3.19. The molecular formula is C20H16F2N2O. The maximum atomic E-state index is 14.8. The molecule has 126 valence electrons. The van der Waals surface area contributed by atoms with Gasteiger partial charge in [-0.15, -0.1) is 0 Å². The third kappa shape index (κ3) is 2.22. The van der Waals surface area contributed by atoms with Crippen molar-refractivity contribution in [3.63, 3.8) is 0 Å². The second kappa shape index (κ2) is 5.09. The van der Waals surface area contributed by atoms with Crippen LogP contribution in [0.2, 0.25) is 0 Å². The van der Waals surface area contributed by atoms with Gasteiger partial charge in [0.1, 0.15) is 5.54 Å². The second-order valence-electron chi connectivity index (χ2n) is 6.74. The predicted octanol–water partition coefficient (Wildman–Crippen LogP) is 4.25. The molecule has 0 saturated carbocycles. The van der Waals surface area contributed by atoms with Crippen LogP contribution < -0.4 is 5.56 Å². The zero-order chi connectivity index (χ0) is 17.8. The summed E-state index contributed by atoms with van der Waals surface area (Å²) in [6, 6.07) is 15.3. The number of aliphatic imine (C=N–C) groups is 1. The van der Waals surface area contributed by atoms with Crippen LogP contribution in [0.4, 0.5) is 8.78 Å². The first-order valence-electron chi connectivity index (χ1n) is 8.01. The predicted molar refractivity (Wildman–Crippen MR) is 94.6 cm³/mol. The van der Waals surface area contributed by atoms with E-state index >= 15 is 0 Å². The lowest BCUT2D eigenvalue weighted by Crippen LogP contribution is -2.44. The molecule has 1 N–H and O–H groups in total. The number of aromatic nitrogens is 1. The first kappa shape index (κ1) is 15.7. The molecule has 1 aliphatic heterocycles. The van der Waals surface area contributed by atoms with E-state index in [0.29, 0.717) is 22.4 Å². The van der Waals surface area contributed by atoms with Crippen LogP contribution >= 0.6 is 0 Å².